The fourth-order valence-electron chi connectivity index (χ4n) is 2.00. The minimum absolute atomic E-state index is 0.798. The summed E-state index contributed by atoms with van der Waals surface area (Å²) in [6.07, 6.45) is 3.95. The fourth-order valence-corrected chi connectivity index (χ4v) is 3.18. The lowest BCUT2D eigenvalue weighted by Gasteiger charge is -2.12. The summed E-state index contributed by atoms with van der Waals surface area (Å²) < 4.78 is 5.35. The Kier molecular flexibility index (Phi) is 3.94. The van der Waals surface area contributed by atoms with Crippen molar-refractivity contribution in [2.45, 2.75) is 25.3 Å². The lowest BCUT2D eigenvalue weighted by atomic mass is 10.1. The molecule has 0 aromatic carbocycles. The Labute approximate surface area is 84.8 Å². The maximum absolute atomic E-state index is 5.35. The average Bonchev–Trinajstić information content (AvgIpc) is 2.75. The van der Waals surface area contributed by atoms with E-state index in [2.05, 4.69) is 17.1 Å². The molecule has 2 aliphatic heterocycles. The van der Waals surface area contributed by atoms with Crippen LogP contribution in [0.5, 0.6) is 0 Å². The molecule has 0 aromatic heterocycles. The number of hydrogen-bond acceptors (Lipinski definition) is 3. The van der Waals surface area contributed by atoms with E-state index in [0.29, 0.717) is 0 Å². The monoisotopic (exact) mass is 201 g/mol. The van der Waals surface area contributed by atoms with Gasteiger partial charge in [0, 0.05) is 25.0 Å². The highest BCUT2D eigenvalue weighted by atomic mass is 32.2. The van der Waals surface area contributed by atoms with Crippen molar-refractivity contribution in [3.05, 3.63) is 0 Å². The largest absolute Gasteiger partial charge is 0.381 e. The number of ether oxygens (including phenoxy) is 1. The molecule has 0 bridgehead atoms. The van der Waals surface area contributed by atoms with Crippen molar-refractivity contribution in [1.82, 2.24) is 5.32 Å². The van der Waals surface area contributed by atoms with E-state index in [0.717, 1.165) is 25.2 Å². The maximum Gasteiger partial charge on any atom is 0.0495 e. The summed E-state index contributed by atoms with van der Waals surface area (Å²) in [6, 6.07) is 0.798. The van der Waals surface area contributed by atoms with Gasteiger partial charge in [0.1, 0.15) is 0 Å². The third kappa shape index (κ3) is 3.15. The highest BCUT2D eigenvalue weighted by molar-refractivity contribution is 7.99. The van der Waals surface area contributed by atoms with Gasteiger partial charge < -0.3 is 10.1 Å². The maximum atomic E-state index is 5.35. The fraction of sp³-hybridized carbons (Fsp3) is 1.00. The van der Waals surface area contributed by atoms with Crippen molar-refractivity contribution < 1.29 is 4.74 Å². The van der Waals surface area contributed by atoms with Gasteiger partial charge in [0.2, 0.25) is 0 Å². The molecule has 0 radical (unpaired) electrons. The molecule has 2 saturated heterocycles. The number of thioether (sulfide) groups is 1. The lowest BCUT2D eigenvalue weighted by Crippen LogP contribution is -2.30. The summed E-state index contributed by atoms with van der Waals surface area (Å²) in [7, 11) is 0. The SMILES string of the molecule is C(CC1CCOC1)NC1CCSC1. The third-order valence-electron chi connectivity index (χ3n) is 2.94. The van der Waals surface area contributed by atoms with Crippen molar-refractivity contribution in [2.75, 3.05) is 31.3 Å². The first kappa shape index (κ1) is 9.81. The van der Waals surface area contributed by atoms with Crippen LogP contribution in [0.4, 0.5) is 0 Å². The van der Waals surface area contributed by atoms with Crippen LogP contribution in [0.1, 0.15) is 19.3 Å². The second-order valence-corrected chi connectivity index (χ2v) is 5.18. The molecule has 1 N–H and O–H groups in total. The molecule has 13 heavy (non-hydrogen) atoms. The van der Waals surface area contributed by atoms with Crippen molar-refractivity contribution in [2.24, 2.45) is 5.92 Å². The first-order valence-electron chi connectivity index (χ1n) is 5.34. The summed E-state index contributed by atoms with van der Waals surface area (Å²) in [5, 5.41) is 3.63. The molecular weight excluding hydrogens is 182 g/mol. The molecule has 0 saturated carbocycles. The van der Waals surface area contributed by atoms with Crippen LogP contribution in [0.2, 0.25) is 0 Å². The molecule has 3 heteroatoms. The minimum atomic E-state index is 0.798. The van der Waals surface area contributed by atoms with E-state index in [4.69, 9.17) is 4.74 Å². The van der Waals surface area contributed by atoms with E-state index < -0.39 is 0 Å². The Morgan fingerprint density at radius 3 is 3.08 bits per heavy atom. The Morgan fingerprint density at radius 2 is 2.38 bits per heavy atom. The lowest BCUT2D eigenvalue weighted by molar-refractivity contribution is 0.184. The predicted octanol–water partition coefficient (Wildman–Crippen LogP) is 1.51. The standard InChI is InChI=1S/C10H19NOS/c1(9-2-5-12-7-9)4-11-10-3-6-13-8-10/h9-11H,1-8H2. The van der Waals surface area contributed by atoms with Gasteiger partial charge in [-0.25, -0.2) is 0 Å². The number of hydrogen-bond donors (Lipinski definition) is 1. The average molecular weight is 201 g/mol. The van der Waals surface area contributed by atoms with Crippen molar-refractivity contribution in [3.8, 4) is 0 Å². The van der Waals surface area contributed by atoms with Crippen LogP contribution in [-0.2, 0) is 4.74 Å². The van der Waals surface area contributed by atoms with Crippen LogP contribution in [0.25, 0.3) is 0 Å². The first-order chi connectivity index (χ1) is 6.45. The normalized spacial score (nSPS) is 34.2. The molecule has 2 nitrogen and oxygen atoms in total. The number of nitrogens with one attached hydrogen (secondary N) is 1. The van der Waals surface area contributed by atoms with Gasteiger partial charge >= 0.3 is 0 Å². The zero-order valence-corrected chi connectivity index (χ0v) is 8.94. The number of rotatable bonds is 4. The molecule has 2 fully saturated rings. The predicted molar refractivity (Wildman–Crippen MR) is 57.3 cm³/mol. The van der Waals surface area contributed by atoms with Crippen molar-refractivity contribution in [1.29, 1.82) is 0 Å². The molecule has 76 valence electrons. The van der Waals surface area contributed by atoms with Gasteiger partial charge in [-0.1, -0.05) is 0 Å². The zero-order valence-electron chi connectivity index (χ0n) is 8.13. The zero-order chi connectivity index (χ0) is 8.93. The molecule has 2 aliphatic rings. The Morgan fingerprint density at radius 1 is 1.38 bits per heavy atom. The Hall–Kier alpha value is 0.270. The second-order valence-electron chi connectivity index (χ2n) is 4.03. The Balaban J connectivity index is 1.52. The van der Waals surface area contributed by atoms with Gasteiger partial charge in [0.25, 0.3) is 0 Å². The second kappa shape index (κ2) is 5.23. The van der Waals surface area contributed by atoms with Crippen LogP contribution in [0, 0.1) is 5.92 Å². The molecular formula is C10H19NOS. The molecule has 0 spiro atoms. The molecule has 0 amide bonds. The van der Waals surface area contributed by atoms with Crippen LogP contribution < -0.4 is 5.32 Å². The molecule has 2 atom stereocenters. The van der Waals surface area contributed by atoms with Crippen molar-refractivity contribution in [3.63, 3.8) is 0 Å². The van der Waals surface area contributed by atoms with E-state index in [-0.39, 0.29) is 0 Å². The van der Waals surface area contributed by atoms with Crippen LogP contribution >= 0.6 is 11.8 Å². The van der Waals surface area contributed by atoms with Gasteiger partial charge in [-0.15, -0.1) is 0 Å². The topological polar surface area (TPSA) is 21.3 Å². The van der Waals surface area contributed by atoms with Gasteiger partial charge in [0.15, 0.2) is 0 Å². The molecule has 2 unspecified atom stereocenters. The van der Waals surface area contributed by atoms with Crippen LogP contribution in [0.3, 0.4) is 0 Å². The highest BCUT2D eigenvalue weighted by Crippen LogP contribution is 2.18. The van der Waals surface area contributed by atoms with Crippen molar-refractivity contribution >= 4 is 11.8 Å². The summed E-state index contributed by atoms with van der Waals surface area (Å²) in [5.74, 6) is 3.51. The van der Waals surface area contributed by atoms with E-state index in [1.807, 2.05) is 0 Å². The molecule has 0 aromatic rings. The van der Waals surface area contributed by atoms with Gasteiger partial charge in [-0.05, 0) is 37.5 Å². The summed E-state index contributed by atoms with van der Waals surface area (Å²) in [4.78, 5) is 0. The molecule has 2 heterocycles. The summed E-state index contributed by atoms with van der Waals surface area (Å²) >= 11 is 2.08. The van der Waals surface area contributed by atoms with E-state index in [1.54, 1.807) is 0 Å². The summed E-state index contributed by atoms with van der Waals surface area (Å²) in [6.45, 7) is 3.18. The van der Waals surface area contributed by atoms with E-state index in [9.17, 15) is 0 Å². The van der Waals surface area contributed by atoms with Crippen LogP contribution in [-0.4, -0.2) is 37.3 Å². The third-order valence-corrected chi connectivity index (χ3v) is 4.10. The molecule has 2 rings (SSSR count). The van der Waals surface area contributed by atoms with Gasteiger partial charge in [0.05, 0.1) is 0 Å². The van der Waals surface area contributed by atoms with Crippen LogP contribution in [0.15, 0.2) is 0 Å². The van der Waals surface area contributed by atoms with E-state index >= 15 is 0 Å². The quantitative estimate of drug-likeness (QED) is 0.745. The first-order valence-corrected chi connectivity index (χ1v) is 6.49. The van der Waals surface area contributed by atoms with E-state index in [1.165, 1.54) is 37.3 Å². The smallest absolute Gasteiger partial charge is 0.0495 e. The Bertz CT molecular complexity index is 126. The molecule has 0 aliphatic carbocycles. The summed E-state index contributed by atoms with van der Waals surface area (Å²) in [5.41, 5.74) is 0. The minimum Gasteiger partial charge on any atom is -0.381 e. The van der Waals surface area contributed by atoms with Gasteiger partial charge in [-0.3, -0.25) is 0 Å². The van der Waals surface area contributed by atoms with Gasteiger partial charge in [-0.2, -0.15) is 11.8 Å². The highest BCUT2D eigenvalue weighted by Gasteiger charge is 2.17.